The summed E-state index contributed by atoms with van der Waals surface area (Å²) in [5.74, 6) is -2.75. The number of nitrogens with one attached hydrogen (secondary N) is 1. The number of amides is 5. The van der Waals surface area contributed by atoms with Crippen LogP contribution in [-0.2, 0) is 14.4 Å². The lowest BCUT2D eigenvalue weighted by atomic mass is 9.92. The van der Waals surface area contributed by atoms with E-state index in [1.807, 2.05) is 0 Å². The lowest BCUT2D eigenvalue weighted by Gasteiger charge is -2.31. The van der Waals surface area contributed by atoms with Crippen LogP contribution in [0.3, 0.4) is 0 Å². The zero-order valence-electron chi connectivity index (χ0n) is 10.9. The van der Waals surface area contributed by atoms with Crippen LogP contribution in [0.1, 0.15) is 13.8 Å². The highest BCUT2D eigenvalue weighted by Gasteiger charge is 2.42. The van der Waals surface area contributed by atoms with Crippen molar-refractivity contribution in [1.82, 2.24) is 15.1 Å². The first-order valence-corrected chi connectivity index (χ1v) is 5.62. The SMILES string of the molecule is CC(C)C1C(=O)NC(=O)N(CC(=O)N(C)C)C1=O. The minimum atomic E-state index is -0.919. The van der Waals surface area contributed by atoms with E-state index < -0.39 is 23.8 Å². The average Bonchev–Trinajstić information content (AvgIpc) is 2.22. The molecule has 0 radical (unpaired) electrons. The second-order valence-corrected chi connectivity index (χ2v) is 4.73. The molecule has 18 heavy (non-hydrogen) atoms. The van der Waals surface area contributed by atoms with Crippen molar-refractivity contribution < 1.29 is 19.2 Å². The topological polar surface area (TPSA) is 86.8 Å². The van der Waals surface area contributed by atoms with Crippen LogP contribution in [0, 0.1) is 11.8 Å². The molecular formula is C11H17N3O4. The van der Waals surface area contributed by atoms with Crippen molar-refractivity contribution in [2.24, 2.45) is 11.8 Å². The van der Waals surface area contributed by atoms with Gasteiger partial charge in [-0.25, -0.2) is 4.79 Å². The van der Waals surface area contributed by atoms with Gasteiger partial charge in [0.2, 0.25) is 17.7 Å². The zero-order chi connectivity index (χ0) is 14.0. The largest absolute Gasteiger partial charge is 0.347 e. The molecule has 0 spiro atoms. The summed E-state index contributed by atoms with van der Waals surface area (Å²) < 4.78 is 0. The first-order chi connectivity index (χ1) is 8.25. The number of urea groups is 1. The highest BCUT2D eigenvalue weighted by atomic mass is 16.2. The minimum absolute atomic E-state index is 0.234. The molecule has 1 fully saturated rings. The lowest BCUT2D eigenvalue weighted by Crippen LogP contribution is -2.60. The van der Waals surface area contributed by atoms with Crippen molar-refractivity contribution in [3.63, 3.8) is 0 Å². The van der Waals surface area contributed by atoms with Crippen LogP contribution < -0.4 is 5.32 Å². The van der Waals surface area contributed by atoms with E-state index in [2.05, 4.69) is 5.32 Å². The van der Waals surface area contributed by atoms with E-state index >= 15 is 0 Å². The zero-order valence-corrected chi connectivity index (χ0v) is 10.9. The second-order valence-electron chi connectivity index (χ2n) is 4.73. The van der Waals surface area contributed by atoms with Gasteiger partial charge in [0.05, 0.1) is 0 Å². The van der Waals surface area contributed by atoms with E-state index in [4.69, 9.17) is 0 Å². The first kappa shape index (κ1) is 14.1. The van der Waals surface area contributed by atoms with Gasteiger partial charge in [-0.2, -0.15) is 0 Å². The number of nitrogens with zero attached hydrogens (tertiary/aromatic N) is 2. The molecule has 7 heteroatoms. The summed E-state index contributed by atoms with van der Waals surface area (Å²) in [7, 11) is 3.06. The van der Waals surface area contributed by atoms with Crippen LogP contribution >= 0.6 is 0 Å². The Bertz CT molecular complexity index is 403. The summed E-state index contributed by atoms with van der Waals surface area (Å²) in [5, 5.41) is 2.09. The van der Waals surface area contributed by atoms with Gasteiger partial charge < -0.3 is 4.90 Å². The molecule has 0 aromatic carbocycles. The molecule has 0 bridgehead atoms. The summed E-state index contributed by atoms with van der Waals surface area (Å²) in [5.41, 5.74) is 0. The summed E-state index contributed by atoms with van der Waals surface area (Å²) in [6.45, 7) is 3.07. The first-order valence-electron chi connectivity index (χ1n) is 5.62. The fourth-order valence-corrected chi connectivity index (χ4v) is 1.65. The maximum atomic E-state index is 12.0. The molecule has 0 saturated carbocycles. The predicted octanol–water partition coefficient (Wildman–Crippen LogP) is -0.575. The number of hydrogen-bond donors (Lipinski definition) is 1. The number of hydrogen-bond acceptors (Lipinski definition) is 4. The van der Waals surface area contributed by atoms with Crippen molar-refractivity contribution in [3.8, 4) is 0 Å². The number of imide groups is 2. The molecule has 1 unspecified atom stereocenters. The normalized spacial score (nSPS) is 20.2. The van der Waals surface area contributed by atoms with Crippen molar-refractivity contribution >= 4 is 23.8 Å². The Morgan fingerprint density at radius 1 is 1.33 bits per heavy atom. The fraction of sp³-hybridized carbons (Fsp3) is 0.636. The molecule has 1 N–H and O–H groups in total. The quantitative estimate of drug-likeness (QED) is 0.684. The maximum Gasteiger partial charge on any atom is 0.331 e. The smallest absolute Gasteiger partial charge is 0.331 e. The molecule has 5 amide bonds. The third-order valence-electron chi connectivity index (χ3n) is 2.75. The third kappa shape index (κ3) is 2.66. The van der Waals surface area contributed by atoms with Crippen LogP contribution in [-0.4, -0.2) is 54.2 Å². The Hall–Kier alpha value is -1.92. The monoisotopic (exact) mass is 255 g/mol. The van der Waals surface area contributed by atoms with Gasteiger partial charge in [-0.05, 0) is 5.92 Å². The molecular weight excluding hydrogens is 238 g/mol. The molecule has 1 saturated heterocycles. The highest BCUT2D eigenvalue weighted by Crippen LogP contribution is 2.18. The Balaban J connectivity index is 2.91. The van der Waals surface area contributed by atoms with Crippen molar-refractivity contribution in [1.29, 1.82) is 0 Å². The van der Waals surface area contributed by atoms with Gasteiger partial charge in [-0.15, -0.1) is 0 Å². The second kappa shape index (κ2) is 5.16. The molecule has 1 aliphatic rings. The number of rotatable bonds is 3. The van der Waals surface area contributed by atoms with Gasteiger partial charge in [-0.1, -0.05) is 13.8 Å². The standard InChI is InChI=1S/C11H17N3O4/c1-6(2)8-9(16)12-11(18)14(10(8)17)5-7(15)13(3)4/h6,8H,5H2,1-4H3,(H,12,16,18). The van der Waals surface area contributed by atoms with E-state index in [1.165, 1.54) is 19.0 Å². The lowest BCUT2D eigenvalue weighted by molar-refractivity contribution is -0.147. The Morgan fingerprint density at radius 3 is 2.33 bits per heavy atom. The molecule has 7 nitrogen and oxygen atoms in total. The molecule has 0 aromatic rings. The molecule has 1 atom stereocenters. The summed E-state index contributed by atoms with van der Waals surface area (Å²) in [4.78, 5) is 48.7. The van der Waals surface area contributed by atoms with Gasteiger partial charge >= 0.3 is 6.03 Å². The van der Waals surface area contributed by atoms with Crippen molar-refractivity contribution in [2.75, 3.05) is 20.6 Å². The molecule has 1 heterocycles. The van der Waals surface area contributed by atoms with E-state index in [0.29, 0.717) is 0 Å². The van der Waals surface area contributed by atoms with Gasteiger partial charge in [0.25, 0.3) is 0 Å². The van der Waals surface area contributed by atoms with Crippen LogP contribution in [0.5, 0.6) is 0 Å². The summed E-state index contributed by atoms with van der Waals surface area (Å²) >= 11 is 0. The van der Waals surface area contributed by atoms with Gasteiger partial charge in [-0.3, -0.25) is 24.6 Å². The molecule has 1 rings (SSSR count). The Labute approximate surface area is 105 Å². The van der Waals surface area contributed by atoms with Crippen LogP contribution in [0.25, 0.3) is 0 Å². The number of likely N-dealkylation sites (N-methyl/N-ethyl adjacent to an activating group) is 1. The van der Waals surface area contributed by atoms with E-state index in [9.17, 15) is 19.2 Å². The molecule has 1 aliphatic heterocycles. The summed E-state index contributed by atoms with van der Waals surface area (Å²) in [6, 6.07) is -0.836. The van der Waals surface area contributed by atoms with Gasteiger partial charge in [0, 0.05) is 14.1 Å². The number of carbonyl (C=O) groups is 4. The summed E-state index contributed by atoms with van der Waals surface area (Å²) in [6.07, 6.45) is 0. The minimum Gasteiger partial charge on any atom is -0.347 e. The van der Waals surface area contributed by atoms with E-state index in [-0.39, 0.29) is 18.4 Å². The fourth-order valence-electron chi connectivity index (χ4n) is 1.65. The molecule has 100 valence electrons. The predicted molar refractivity (Wildman–Crippen MR) is 62.3 cm³/mol. The molecule has 0 aliphatic carbocycles. The Kier molecular flexibility index (Phi) is 4.05. The molecule has 0 aromatic heterocycles. The Morgan fingerprint density at radius 2 is 1.89 bits per heavy atom. The maximum absolute atomic E-state index is 12.0. The average molecular weight is 255 g/mol. The van der Waals surface area contributed by atoms with Crippen LogP contribution in [0.4, 0.5) is 4.79 Å². The van der Waals surface area contributed by atoms with E-state index in [1.54, 1.807) is 13.8 Å². The third-order valence-corrected chi connectivity index (χ3v) is 2.75. The van der Waals surface area contributed by atoms with Crippen LogP contribution in [0.15, 0.2) is 0 Å². The number of barbiturate groups is 1. The van der Waals surface area contributed by atoms with Gasteiger partial charge in [0.1, 0.15) is 12.5 Å². The highest BCUT2D eigenvalue weighted by molar-refractivity contribution is 6.17. The van der Waals surface area contributed by atoms with E-state index in [0.717, 1.165) is 4.90 Å². The number of carbonyl (C=O) groups excluding carboxylic acids is 4. The van der Waals surface area contributed by atoms with Crippen molar-refractivity contribution in [2.45, 2.75) is 13.8 Å². The van der Waals surface area contributed by atoms with Crippen molar-refractivity contribution in [3.05, 3.63) is 0 Å². The van der Waals surface area contributed by atoms with Crippen LogP contribution in [0.2, 0.25) is 0 Å². The van der Waals surface area contributed by atoms with Gasteiger partial charge in [0.15, 0.2) is 0 Å².